The number of unbranched alkanes of at least 4 members (excludes halogenated alkanes) is 10. The quantitative estimate of drug-likeness (QED) is 0.0482. The molecule has 0 fully saturated rings. The number of hydrogen-bond acceptors (Lipinski definition) is 11. The number of esters is 5. The van der Waals surface area contributed by atoms with E-state index >= 15 is 0 Å². The van der Waals surface area contributed by atoms with E-state index in [9.17, 15) is 29.1 Å². The molecular weight excluding hydrogens is 608 g/mol. The van der Waals surface area contributed by atoms with Crippen molar-refractivity contribution in [3.63, 3.8) is 0 Å². The molecule has 47 heavy (non-hydrogen) atoms. The van der Waals surface area contributed by atoms with Crippen LogP contribution in [0.2, 0.25) is 0 Å². The van der Waals surface area contributed by atoms with Gasteiger partial charge in [0.1, 0.15) is 0 Å². The van der Waals surface area contributed by atoms with Crippen molar-refractivity contribution in [3.05, 3.63) is 0 Å². The molecule has 0 spiro atoms. The van der Waals surface area contributed by atoms with Gasteiger partial charge in [-0.05, 0) is 44.9 Å². The average molecular weight is 675 g/mol. The Kier molecular flexibility index (Phi) is 32.8. The van der Waals surface area contributed by atoms with Crippen molar-refractivity contribution in [1.29, 1.82) is 0 Å². The van der Waals surface area contributed by atoms with E-state index in [1.54, 1.807) is 0 Å². The highest BCUT2D eigenvalue weighted by molar-refractivity contribution is 5.90. The zero-order chi connectivity index (χ0) is 35.6. The Morgan fingerprint density at radius 3 is 1.00 bits per heavy atom. The fraction of sp³-hybridized carbons (Fsp3) is 0.861. The number of hydrogen-bond donors (Lipinski definition) is 1. The maximum absolute atomic E-state index is 12.2. The molecule has 11 heteroatoms. The van der Waals surface area contributed by atoms with Gasteiger partial charge in [0.05, 0.1) is 45.9 Å². The molecule has 0 atom stereocenters. The summed E-state index contributed by atoms with van der Waals surface area (Å²) in [5, 5.41) is 10.6. The molecule has 0 amide bonds. The molecule has 0 aliphatic rings. The minimum absolute atomic E-state index is 0.0664. The standard InChI is InChI=1S/C18H32O7.C18H34O4/c1-4-7-10-23-15(19)13-18(22,17(21)25-12-9-6-3)14-16(20)24-11-8-5-2;1-3-5-15-21-17(19)13-11-9-7-8-10-12-14-18(20)22-16-6-4-2/h22H,4-14H2,1-3H3;3-16H2,1-2H3. The van der Waals surface area contributed by atoms with E-state index in [1.165, 1.54) is 0 Å². The highest BCUT2D eigenvalue weighted by Gasteiger charge is 2.43. The van der Waals surface area contributed by atoms with Gasteiger partial charge in [-0.1, -0.05) is 92.4 Å². The molecule has 0 saturated carbocycles. The van der Waals surface area contributed by atoms with Crippen LogP contribution < -0.4 is 0 Å². The summed E-state index contributed by atoms with van der Waals surface area (Å²) in [6, 6.07) is 0. The highest BCUT2D eigenvalue weighted by Crippen LogP contribution is 2.20. The number of carbonyl (C=O) groups is 5. The minimum atomic E-state index is -2.26. The molecule has 276 valence electrons. The van der Waals surface area contributed by atoms with E-state index in [0.29, 0.717) is 45.3 Å². The van der Waals surface area contributed by atoms with Gasteiger partial charge >= 0.3 is 29.8 Å². The van der Waals surface area contributed by atoms with Crippen molar-refractivity contribution in [2.24, 2.45) is 0 Å². The fourth-order valence-electron chi connectivity index (χ4n) is 3.94. The molecule has 0 rings (SSSR count). The fourth-order valence-corrected chi connectivity index (χ4v) is 3.94. The van der Waals surface area contributed by atoms with Crippen LogP contribution in [0.4, 0.5) is 0 Å². The maximum Gasteiger partial charge on any atom is 0.339 e. The van der Waals surface area contributed by atoms with Crippen molar-refractivity contribution in [2.75, 3.05) is 33.0 Å². The number of ether oxygens (including phenoxy) is 5. The van der Waals surface area contributed by atoms with Gasteiger partial charge in [0, 0.05) is 12.8 Å². The van der Waals surface area contributed by atoms with E-state index in [4.69, 9.17) is 23.7 Å². The first-order valence-electron chi connectivity index (χ1n) is 18.1. The van der Waals surface area contributed by atoms with Crippen molar-refractivity contribution >= 4 is 29.8 Å². The van der Waals surface area contributed by atoms with Crippen LogP contribution in [-0.2, 0) is 47.7 Å². The van der Waals surface area contributed by atoms with Crippen LogP contribution in [0.25, 0.3) is 0 Å². The van der Waals surface area contributed by atoms with Crippen LogP contribution >= 0.6 is 0 Å². The van der Waals surface area contributed by atoms with E-state index in [2.05, 4.69) is 13.8 Å². The first-order valence-corrected chi connectivity index (χ1v) is 18.1. The molecule has 0 heterocycles. The molecule has 0 bridgehead atoms. The van der Waals surface area contributed by atoms with Gasteiger partial charge in [0.25, 0.3) is 0 Å². The van der Waals surface area contributed by atoms with Gasteiger partial charge < -0.3 is 28.8 Å². The zero-order valence-electron chi connectivity index (χ0n) is 30.2. The van der Waals surface area contributed by atoms with Crippen molar-refractivity contribution in [3.8, 4) is 0 Å². The number of aliphatic hydroxyl groups is 1. The van der Waals surface area contributed by atoms with Gasteiger partial charge in [-0.15, -0.1) is 0 Å². The second-order valence-electron chi connectivity index (χ2n) is 11.8. The summed E-state index contributed by atoms with van der Waals surface area (Å²) in [5.74, 6) is -2.62. The minimum Gasteiger partial charge on any atom is -0.466 e. The van der Waals surface area contributed by atoms with Crippen LogP contribution in [0.3, 0.4) is 0 Å². The highest BCUT2D eigenvalue weighted by atomic mass is 16.6. The van der Waals surface area contributed by atoms with E-state index in [0.717, 1.165) is 83.5 Å². The summed E-state index contributed by atoms with van der Waals surface area (Å²) in [5.41, 5.74) is -2.26. The maximum atomic E-state index is 12.2. The van der Waals surface area contributed by atoms with Gasteiger partial charge in [0.2, 0.25) is 0 Å². The molecule has 0 saturated heterocycles. The predicted molar refractivity (Wildman–Crippen MR) is 180 cm³/mol. The van der Waals surface area contributed by atoms with Crippen LogP contribution in [0, 0.1) is 0 Å². The third-order valence-electron chi connectivity index (χ3n) is 7.04. The molecule has 0 unspecified atom stereocenters. The lowest BCUT2D eigenvalue weighted by Crippen LogP contribution is -2.45. The smallest absolute Gasteiger partial charge is 0.339 e. The normalized spacial score (nSPS) is 10.8. The van der Waals surface area contributed by atoms with E-state index < -0.39 is 36.4 Å². The van der Waals surface area contributed by atoms with Crippen molar-refractivity contribution in [1.82, 2.24) is 0 Å². The lowest BCUT2D eigenvalue weighted by Gasteiger charge is -2.24. The van der Waals surface area contributed by atoms with Crippen LogP contribution in [0.1, 0.15) is 163 Å². The van der Waals surface area contributed by atoms with Crippen LogP contribution in [0.15, 0.2) is 0 Å². The summed E-state index contributed by atoms with van der Waals surface area (Å²) in [7, 11) is 0. The lowest BCUT2D eigenvalue weighted by atomic mass is 9.95. The second kappa shape index (κ2) is 33.2. The van der Waals surface area contributed by atoms with E-state index in [-0.39, 0.29) is 31.8 Å². The SMILES string of the molecule is CCCCOC(=O)CC(O)(CC(=O)OCCCC)C(=O)OCCCC.CCCCOC(=O)CCCCCCCCC(=O)OCCCC. The number of carbonyl (C=O) groups excluding carboxylic acids is 5. The molecule has 11 nitrogen and oxygen atoms in total. The molecular formula is C36H66O11. The van der Waals surface area contributed by atoms with Gasteiger partial charge in [-0.25, -0.2) is 4.79 Å². The van der Waals surface area contributed by atoms with Crippen molar-refractivity contribution < 1.29 is 52.8 Å². The van der Waals surface area contributed by atoms with Crippen LogP contribution in [-0.4, -0.2) is 73.6 Å². The first-order chi connectivity index (χ1) is 22.6. The Morgan fingerprint density at radius 1 is 0.404 bits per heavy atom. The largest absolute Gasteiger partial charge is 0.466 e. The lowest BCUT2D eigenvalue weighted by molar-refractivity contribution is -0.178. The third-order valence-corrected chi connectivity index (χ3v) is 7.04. The van der Waals surface area contributed by atoms with Gasteiger partial charge in [0.15, 0.2) is 5.60 Å². The third kappa shape index (κ3) is 30.4. The summed E-state index contributed by atoms with van der Waals surface area (Å²) >= 11 is 0. The second-order valence-corrected chi connectivity index (χ2v) is 11.8. The molecule has 0 radical (unpaired) electrons. The van der Waals surface area contributed by atoms with Crippen molar-refractivity contribution in [2.45, 2.75) is 169 Å². The first kappa shape index (κ1) is 46.4. The summed E-state index contributed by atoms with van der Waals surface area (Å²) in [6.45, 7) is 11.6. The Labute approximate surface area is 284 Å². The Bertz CT molecular complexity index is 761. The summed E-state index contributed by atoms with van der Waals surface area (Å²) in [4.78, 5) is 58.6. The molecule has 0 aromatic carbocycles. The van der Waals surface area contributed by atoms with Crippen LogP contribution in [0.5, 0.6) is 0 Å². The van der Waals surface area contributed by atoms with E-state index in [1.807, 2.05) is 20.8 Å². The average Bonchev–Trinajstić information content (AvgIpc) is 3.03. The zero-order valence-corrected chi connectivity index (χ0v) is 30.2. The molecule has 0 aromatic heterocycles. The Morgan fingerprint density at radius 2 is 0.681 bits per heavy atom. The predicted octanol–water partition coefficient (Wildman–Crippen LogP) is 7.32. The Balaban J connectivity index is 0. The Hall–Kier alpha value is -2.69. The monoisotopic (exact) mass is 674 g/mol. The summed E-state index contributed by atoms with van der Waals surface area (Å²) in [6.07, 6.45) is 14.5. The molecule has 0 aliphatic carbocycles. The molecule has 0 aliphatic heterocycles. The number of rotatable bonds is 29. The summed E-state index contributed by atoms with van der Waals surface area (Å²) < 4.78 is 25.2. The molecule has 0 aromatic rings. The topological polar surface area (TPSA) is 152 Å². The van der Waals surface area contributed by atoms with Gasteiger partial charge in [-0.2, -0.15) is 0 Å². The molecule has 1 N–H and O–H groups in total. The van der Waals surface area contributed by atoms with Gasteiger partial charge in [-0.3, -0.25) is 19.2 Å².